The summed E-state index contributed by atoms with van der Waals surface area (Å²) in [5, 5.41) is 2.84. The monoisotopic (exact) mass is 497 g/mol. The summed E-state index contributed by atoms with van der Waals surface area (Å²) in [5.74, 6) is 0.937. The normalized spacial score (nSPS) is 15.6. The minimum Gasteiger partial charge on any atom is -0.493 e. The highest BCUT2D eigenvalue weighted by atomic mass is 79.9. The van der Waals surface area contributed by atoms with Crippen LogP contribution < -0.4 is 14.8 Å². The molecule has 1 N–H and O–H groups in total. The van der Waals surface area contributed by atoms with Gasteiger partial charge in [0.2, 0.25) is 15.9 Å². The fourth-order valence-electron chi connectivity index (χ4n) is 3.20. The van der Waals surface area contributed by atoms with Crippen LogP contribution in [0.5, 0.6) is 11.5 Å². The zero-order valence-corrected chi connectivity index (χ0v) is 19.2. The number of carbonyl (C=O) groups is 1. The minimum absolute atomic E-state index is 0.175. The van der Waals surface area contributed by atoms with Crippen LogP contribution in [0, 0.1) is 0 Å². The lowest BCUT2D eigenvalue weighted by atomic mass is 10.2. The van der Waals surface area contributed by atoms with Gasteiger partial charge in [0.05, 0.1) is 25.7 Å². The highest BCUT2D eigenvalue weighted by Gasteiger charge is 2.29. The summed E-state index contributed by atoms with van der Waals surface area (Å²) in [6.07, 6.45) is 0. The Labute approximate surface area is 184 Å². The number of amides is 1. The quantitative estimate of drug-likeness (QED) is 0.631. The maximum absolute atomic E-state index is 12.8. The molecule has 1 aliphatic rings. The molecule has 1 amide bonds. The summed E-state index contributed by atoms with van der Waals surface area (Å²) in [7, 11) is -0.453. The fourth-order valence-corrected chi connectivity index (χ4v) is 4.89. The van der Waals surface area contributed by atoms with Crippen molar-refractivity contribution in [3.63, 3.8) is 0 Å². The molecule has 162 valence electrons. The SMILES string of the molecule is COc1ccc(NC(=O)CN2CCN(S(=O)(=O)c3ccc(Br)cc3)CC2)cc1OC. The van der Waals surface area contributed by atoms with Gasteiger partial charge >= 0.3 is 0 Å². The number of sulfonamides is 1. The molecular formula is C20H24BrN3O5S. The van der Waals surface area contributed by atoms with Crippen molar-refractivity contribution < 1.29 is 22.7 Å². The van der Waals surface area contributed by atoms with Gasteiger partial charge in [-0.3, -0.25) is 9.69 Å². The van der Waals surface area contributed by atoms with Gasteiger partial charge in [0.1, 0.15) is 0 Å². The van der Waals surface area contributed by atoms with Crippen LogP contribution in [-0.2, 0) is 14.8 Å². The number of methoxy groups -OCH3 is 2. The van der Waals surface area contributed by atoms with Crippen LogP contribution in [0.15, 0.2) is 51.8 Å². The number of piperazine rings is 1. The van der Waals surface area contributed by atoms with E-state index in [4.69, 9.17) is 9.47 Å². The van der Waals surface area contributed by atoms with Gasteiger partial charge in [0.15, 0.2) is 11.5 Å². The van der Waals surface area contributed by atoms with E-state index in [0.29, 0.717) is 43.4 Å². The van der Waals surface area contributed by atoms with Crippen molar-refractivity contribution in [2.75, 3.05) is 52.3 Å². The Balaban J connectivity index is 1.54. The van der Waals surface area contributed by atoms with Crippen molar-refractivity contribution in [1.82, 2.24) is 9.21 Å². The molecule has 1 saturated heterocycles. The molecule has 1 aliphatic heterocycles. The van der Waals surface area contributed by atoms with Gasteiger partial charge in [0, 0.05) is 42.4 Å². The number of nitrogens with one attached hydrogen (secondary N) is 1. The van der Waals surface area contributed by atoms with E-state index >= 15 is 0 Å². The predicted octanol–water partition coefficient (Wildman–Crippen LogP) is 2.41. The Morgan fingerprint density at radius 3 is 2.23 bits per heavy atom. The van der Waals surface area contributed by atoms with Crippen LogP contribution in [-0.4, -0.2) is 70.5 Å². The van der Waals surface area contributed by atoms with Crippen LogP contribution in [0.2, 0.25) is 0 Å². The van der Waals surface area contributed by atoms with E-state index in [-0.39, 0.29) is 17.3 Å². The Hall–Kier alpha value is -2.14. The van der Waals surface area contributed by atoms with Crippen molar-refractivity contribution in [3.8, 4) is 11.5 Å². The highest BCUT2D eigenvalue weighted by Crippen LogP contribution is 2.29. The number of nitrogens with zero attached hydrogens (tertiary/aromatic N) is 2. The molecule has 30 heavy (non-hydrogen) atoms. The minimum atomic E-state index is -3.53. The van der Waals surface area contributed by atoms with Crippen LogP contribution in [0.25, 0.3) is 0 Å². The lowest BCUT2D eigenvalue weighted by molar-refractivity contribution is -0.117. The Kier molecular flexibility index (Phi) is 7.35. The lowest BCUT2D eigenvalue weighted by Crippen LogP contribution is -2.50. The standard InChI is InChI=1S/C20H24BrN3O5S/c1-28-18-8-5-16(13-19(18)29-2)22-20(25)14-23-9-11-24(12-10-23)30(26,27)17-6-3-15(21)4-7-17/h3-8,13H,9-12,14H2,1-2H3,(H,22,25). The average Bonchev–Trinajstić information content (AvgIpc) is 2.74. The molecule has 0 radical (unpaired) electrons. The highest BCUT2D eigenvalue weighted by molar-refractivity contribution is 9.10. The van der Waals surface area contributed by atoms with E-state index < -0.39 is 10.0 Å². The van der Waals surface area contributed by atoms with Crippen LogP contribution in [0.1, 0.15) is 0 Å². The van der Waals surface area contributed by atoms with Crippen molar-refractivity contribution >= 4 is 37.5 Å². The topological polar surface area (TPSA) is 88.2 Å². The largest absolute Gasteiger partial charge is 0.493 e. The first-order valence-corrected chi connectivity index (χ1v) is 11.6. The fraction of sp³-hybridized carbons (Fsp3) is 0.350. The van der Waals surface area contributed by atoms with Crippen LogP contribution in [0.4, 0.5) is 5.69 Å². The van der Waals surface area contributed by atoms with E-state index in [1.807, 2.05) is 4.90 Å². The Morgan fingerprint density at radius 2 is 1.63 bits per heavy atom. The third kappa shape index (κ3) is 5.31. The Morgan fingerprint density at radius 1 is 1.00 bits per heavy atom. The lowest BCUT2D eigenvalue weighted by Gasteiger charge is -2.33. The van der Waals surface area contributed by atoms with Crippen molar-refractivity contribution in [2.45, 2.75) is 4.90 Å². The smallest absolute Gasteiger partial charge is 0.243 e. The molecule has 3 rings (SSSR count). The molecular weight excluding hydrogens is 474 g/mol. The summed E-state index contributed by atoms with van der Waals surface area (Å²) in [6, 6.07) is 11.7. The first kappa shape index (κ1) is 22.5. The second-order valence-electron chi connectivity index (χ2n) is 6.75. The molecule has 2 aromatic rings. The van der Waals surface area contributed by atoms with Gasteiger partial charge in [-0.1, -0.05) is 15.9 Å². The third-order valence-corrected chi connectivity index (χ3v) is 7.26. The Bertz CT molecular complexity index is 990. The van der Waals surface area contributed by atoms with Gasteiger partial charge in [-0.2, -0.15) is 4.31 Å². The van der Waals surface area contributed by atoms with E-state index in [2.05, 4.69) is 21.2 Å². The molecule has 1 heterocycles. The number of anilines is 1. The number of rotatable bonds is 7. The number of benzene rings is 2. The zero-order valence-electron chi connectivity index (χ0n) is 16.8. The molecule has 0 unspecified atom stereocenters. The summed E-state index contributed by atoms with van der Waals surface area (Å²) in [4.78, 5) is 14.6. The maximum Gasteiger partial charge on any atom is 0.243 e. The third-order valence-electron chi connectivity index (χ3n) is 4.82. The van der Waals surface area contributed by atoms with E-state index in [9.17, 15) is 13.2 Å². The van der Waals surface area contributed by atoms with Gasteiger partial charge < -0.3 is 14.8 Å². The first-order valence-electron chi connectivity index (χ1n) is 9.33. The molecule has 0 saturated carbocycles. The molecule has 0 aliphatic carbocycles. The molecule has 0 bridgehead atoms. The predicted molar refractivity (Wildman–Crippen MR) is 118 cm³/mol. The number of carbonyl (C=O) groups excluding carboxylic acids is 1. The molecule has 10 heteroatoms. The number of halogens is 1. The van der Waals surface area contributed by atoms with Gasteiger partial charge in [-0.05, 0) is 36.4 Å². The van der Waals surface area contributed by atoms with Crippen molar-refractivity contribution in [1.29, 1.82) is 0 Å². The second kappa shape index (κ2) is 9.78. The van der Waals surface area contributed by atoms with E-state index in [1.165, 1.54) is 11.4 Å². The number of hydrogen-bond acceptors (Lipinski definition) is 6. The van der Waals surface area contributed by atoms with Crippen LogP contribution in [0.3, 0.4) is 0 Å². The van der Waals surface area contributed by atoms with Gasteiger partial charge in [-0.25, -0.2) is 8.42 Å². The maximum atomic E-state index is 12.8. The van der Waals surface area contributed by atoms with E-state index in [1.54, 1.807) is 49.6 Å². The second-order valence-corrected chi connectivity index (χ2v) is 9.61. The molecule has 0 spiro atoms. The molecule has 1 fully saturated rings. The molecule has 8 nitrogen and oxygen atoms in total. The first-order chi connectivity index (χ1) is 14.3. The molecule has 0 aromatic heterocycles. The van der Waals surface area contributed by atoms with Gasteiger partial charge in [0.25, 0.3) is 0 Å². The van der Waals surface area contributed by atoms with Gasteiger partial charge in [-0.15, -0.1) is 0 Å². The van der Waals surface area contributed by atoms with E-state index in [0.717, 1.165) is 4.47 Å². The van der Waals surface area contributed by atoms with Crippen LogP contribution >= 0.6 is 15.9 Å². The zero-order chi connectivity index (χ0) is 21.7. The van der Waals surface area contributed by atoms with Crippen molar-refractivity contribution in [2.24, 2.45) is 0 Å². The summed E-state index contributed by atoms with van der Waals surface area (Å²) in [6.45, 7) is 1.81. The van der Waals surface area contributed by atoms with Crippen molar-refractivity contribution in [3.05, 3.63) is 46.9 Å². The number of ether oxygens (including phenoxy) is 2. The summed E-state index contributed by atoms with van der Waals surface area (Å²) < 4.78 is 38.3. The number of hydrogen-bond donors (Lipinski definition) is 1. The average molecular weight is 498 g/mol. The molecule has 2 aromatic carbocycles. The molecule has 0 atom stereocenters. The summed E-state index contributed by atoms with van der Waals surface area (Å²) >= 11 is 3.31. The summed E-state index contributed by atoms with van der Waals surface area (Å²) in [5.41, 5.74) is 0.606.